The fraction of sp³-hybridized carbons (Fsp3) is 0.263. The highest BCUT2D eigenvalue weighted by molar-refractivity contribution is 5.92. The molecular formula is C19H21N5O3. The van der Waals surface area contributed by atoms with Gasteiger partial charge in [0.1, 0.15) is 18.0 Å². The number of anilines is 1. The van der Waals surface area contributed by atoms with Gasteiger partial charge in [0, 0.05) is 5.56 Å². The molecule has 0 unspecified atom stereocenters. The standard InChI is InChI=1S/C19H21N5O3/c1-19(2,3)27-17-15-14(23-18(21)24-17)9-6-12(22-15)10-26-13-7-4-11(5-8-13)16(20)25/h4-9H,10H2,1-3H3,(H2,20,25)(H2,21,23,24). The number of amides is 1. The lowest BCUT2D eigenvalue weighted by Gasteiger charge is -2.21. The number of pyridine rings is 1. The summed E-state index contributed by atoms with van der Waals surface area (Å²) in [6.07, 6.45) is 0. The molecule has 3 aromatic rings. The van der Waals surface area contributed by atoms with E-state index in [2.05, 4.69) is 15.0 Å². The SMILES string of the molecule is CC(C)(C)Oc1nc(N)nc2ccc(COc3ccc(C(N)=O)cc3)nc12. The van der Waals surface area contributed by atoms with Crippen LogP contribution < -0.4 is 20.9 Å². The number of carbonyl (C=O) groups excluding carboxylic acids is 1. The Morgan fingerprint density at radius 3 is 2.37 bits per heavy atom. The van der Waals surface area contributed by atoms with Gasteiger partial charge in [0.2, 0.25) is 17.7 Å². The van der Waals surface area contributed by atoms with Gasteiger partial charge in [-0.15, -0.1) is 0 Å². The molecule has 0 saturated heterocycles. The molecule has 8 nitrogen and oxygen atoms in total. The van der Waals surface area contributed by atoms with Gasteiger partial charge < -0.3 is 20.9 Å². The van der Waals surface area contributed by atoms with Crippen LogP contribution in [-0.2, 0) is 6.61 Å². The van der Waals surface area contributed by atoms with Crippen LogP contribution in [0.25, 0.3) is 11.0 Å². The van der Waals surface area contributed by atoms with Crippen LogP contribution in [0.4, 0.5) is 5.95 Å². The summed E-state index contributed by atoms with van der Waals surface area (Å²) in [4.78, 5) is 24.0. The zero-order valence-corrected chi connectivity index (χ0v) is 15.4. The lowest BCUT2D eigenvalue weighted by atomic mass is 10.2. The summed E-state index contributed by atoms with van der Waals surface area (Å²) in [6, 6.07) is 10.2. The number of carbonyl (C=O) groups is 1. The molecule has 0 bridgehead atoms. The molecule has 4 N–H and O–H groups in total. The van der Waals surface area contributed by atoms with Crippen molar-refractivity contribution in [2.24, 2.45) is 5.73 Å². The van der Waals surface area contributed by atoms with E-state index < -0.39 is 11.5 Å². The maximum Gasteiger partial charge on any atom is 0.248 e. The van der Waals surface area contributed by atoms with Gasteiger partial charge in [0.15, 0.2) is 5.52 Å². The second-order valence-corrected chi connectivity index (χ2v) is 6.95. The van der Waals surface area contributed by atoms with Crippen LogP contribution in [-0.4, -0.2) is 26.5 Å². The van der Waals surface area contributed by atoms with E-state index in [-0.39, 0.29) is 12.6 Å². The summed E-state index contributed by atoms with van der Waals surface area (Å²) in [7, 11) is 0. The summed E-state index contributed by atoms with van der Waals surface area (Å²) in [5.74, 6) is 0.574. The number of fused-ring (bicyclic) bond motifs is 1. The summed E-state index contributed by atoms with van der Waals surface area (Å²) in [6.45, 7) is 5.98. The van der Waals surface area contributed by atoms with Crippen molar-refractivity contribution < 1.29 is 14.3 Å². The molecule has 0 radical (unpaired) electrons. The quantitative estimate of drug-likeness (QED) is 0.709. The summed E-state index contributed by atoms with van der Waals surface area (Å²) < 4.78 is 11.6. The largest absolute Gasteiger partial charge is 0.487 e. The number of nitrogen functional groups attached to an aromatic ring is 1. The highest BCUT2D eigenvalue weighted by Crippen LogP contribution is 2.25. The first-order valence-corrected chi connectivity index (χ1v) is 8.36. The fourth-order valence-electron chi connectivity index (χ4n) is 2.36. The van der Waals surface area contributed by atoms with Gasteiger partial charge in [-0.1, -0.05) is 0 Å². The van der Waals surface area contributed by atoms with E-state index in [9.17, 15) is 4.79 Å². The molecule has 1 amide bonds. The summed E-state index contributed by atoms with van der Waals surface area (Å²) in [5, 5.41) is 0. The summed E-state index contributed by atoms with van der Waals surface area (Å²) >= 11 is 0. The molecule has 27 heavy (non-hydrogen) atoms. The van der Waals surface area contributed by atoms with Gasteiger partial charge in [-0.25, -0.2) is 9.97 Å². The molecule has 0 aliphatic rings. The number of benzene rings is 1. The fourth-order valence-corrected chi connectivity index (χ4v) is 2.36. The molecule has 3 rings (SSSR count). The van der Waals surface area contributed by atoms with E-state index in [1.807, 2.05) is 20.8 Å². The Labute approximate surface area is 156 Å². The average molecular weight is 367 g/mol. The Morgan fingerprint density at radius 2 is 1.74 bits per heavy atom. The molecule has 2 heterocycles. The van der Waals surface area contributed by atoms with Crippen LogP contribution in [0.2, 0.25) is 0 Å². The number of nitrogens with two attached hydrogens (primary N) is 2. The number of primary amides is 1. The van der Waals surface area contributed by atoms with E-state index in [1.54, 1.807) is 36.4 Å². The van der Waals surface area contributed by atoms with E-state index >= 15 is 0 Å². The zero-order valence-electron chi connectivity index (χ0n) is 15.4. The third-order valence-corrected chi connectivity index (χ3v) is 3.51. The molecule has 0 fully saturated rings. The first-order chi connectivity index (χ1) is 12.7. The van der Waals surface area contributed by atoms with Crippen molar-refractivity contribution in [1.29, 1.82) is 0 Å². The first kappa shape index (κ1) is 18.4. The Morgan fingerprint density at radius 1 is 1.04 bits per heavy atom. The van der Waals surface area contributed by atoms with Crippen molar-refractivity contribution in [3.8, 4) is 11.6 Å². The molecule has 0 atom stereocenters. The van der Waals surface area contributed by atoms with E-state index in [1.165, 1.54) is 0 Å². The van der Waals surface area contributed by atoms with E-state index in [0.29, 0.717) is 33.9 Å². The molecule has 1 aromatic carbocycles. The number of rotatable bonds is 5. The smallest absolute Gasteiger partial charge is 0.248 e. The highest BCUT2D eigenvalue weighted by Gasteiger charge is 2.18. The Balaban J connectivity index is 1.84. The molecule has 0 aliphatic heterocycles. The number of nitrogens with zero attached hydrogens (tertiary/aromatic N) is 3. The van der Waals surface area contributed by atoms with Crippen LogP contribution in [0, 0.1) is 0 Å². The number of hydrogen-bond acceptors (Lipinski definition) is 7. The van der Waals surface area contributed by atoms with Crippen molar-refractivity contribution in [3.05, 3.63) is 47.7 Å². The molecular weight excluding hydrogens is 346 g/mol. The minimum atomic E-state index is -0.483. The van der Waals surface area contributed by atoms with Crippen LogP contribution >= 0.6 is 0 Å². The molecule has 0 spiro atoms. The Bertz CT molecular complexity index is 981. The van der Waals surface area contributed by atoms with Crippen molar-refractivity contribution >= 4 is 22.9 Å². The highest BCUT2D eigenvalue weighted by atomic mass is 16.5. The number of ether oxygens (including phenoxy) is 2. The van der Waals surface area contributed by atoms with Gasteiger partial charge in [-0.3, -0.25) is 4.79 Å². The Hall–Kier alpha value is -3.42. The van der Waals surface area contributed by atoms with Gasteiger partial charge in [0.25, 0.3) is 0 Å². The molecule has 0 aliphatic carbocycles. The van der Waals surface area contributed by atoms with Crippen molar-refractivity contribution in [2.75, 3.05) is 5.73 Å². The lowest BCUT2D eigenvalue weighted by molar-refractivity contribution is 0.1000. The van der Waals surface area contributed by atoms with E-state index in [0.717, 1.165) is 0 Å². The van der Waals surface area contributed by atoms with Crippen molar-refractivity contribution in [2.45, 2.75) is 33.0 Å². The first-order valence-electron chi connectivity index (χ1n) is 8.36. The second kappa shape index (κ2) is 7.06. The zero-order chi connectivity index (χ0) is 19.6. The van der Waals surface area contributed by atoms with Gasteiger partial charge >= 0.3 is 0 Å². The minimum Gasteiger partial charge on any atom is -0.487 e. The third kappa shape index (κ3) is 4.60. The molecule has 8 heteroatoms. The number of hydrogen-bond donors (Lipinski definition) is 2. The van der Waals surface area contributed by atoms with Crippen molar-refractivity contribution in [1.82, 2.24) is 15.0 Å². The van der Waals surface area contributed by atoms with E-state index in [4.69, 9.17) is 20.9 Å². The van der Waals surface area contributed by atoms with Gasteiger partial charge in [-0.05, 0) is 57.2 Å². The predicted octanol–water partition coefficient (Wildman–Crippen LogP) is 2.46. The lowest BCUT2D eigenvalue weighted by Crippen LogP contribution is -2.24. The maximum absolute atomic E-state index is 11.1. The van der Waals surface area contributed by atoms with Crippen LogP contribution in [0.1, 0.15) is 36.8 Å². The topological polar surface area (TPSA) is 126 Å². The van der Waals surface area contributed by atoms with Crippen LogP contribution in [0.3, 0.4) is 0 Å². The van der Waals surface area contributed by atoms with Crippen molar-refractivity contribution in [3.63, 3.8) is 0 Å². The summed E-state index contributed by atoms with van der Waals surface area (Å²) in [5.41, 5.74) is 12.7. The third-order valence-electron chi connectivity index (χ3n) is 3.51. The number of aromatic nitrogens is 3. The minimum absolute atomic E-state index is 0.127. The second-order valence-electron chi connectivity index (χ2n) is 6.95. The molecule has 140 valence electrons. The average Bonchev–Trinajstić information content (AvgIpc) is 2.59. The monoisotopic (exact) mass is 367 g/mol. The normalized spacial score (nSPS) is 11.4. The maximum atomic E-state index is 11.1. The molecule has 0 saturated carbocycles. The van der Waals surface area contributed by atoms with Crippen LogP contribution in [0.5, 0.6) is 11.6 Å². The van der Waals surface area contributed by atoms with Gasteiger partial charge in [-0.2, -0.15) is 4.98 Å². The van der Waals surface area contributed by atoms with Gasteiger partial charge in [0.05, 0.1) is 11.2 Å². The molecule has 2 aromatic heterocycles. The predicted molar refractivity (Wildman–Crippen MR) is 101 cm³/mol. The Kier molecular flexibility index (Phi) is 4.81. The van der Waals surface area contributed by atoms with Crippen LogP contribution in [0.15, 0.2) is 36.4 Å².